The van der Waals surface area contributed by atoms with Gasteiger partial charge in [-0.15, -0.1) is 0 Å². The molecule has 58 valence electrons. The number of rotatable bonds is 0. The number of hydrogen-bond acceptors (Lipinski definition) is 3. The number of imidazole rings is 1. The summed E-state index contributed by atoms with van der Waals surface area (Å²) in [5.41, 5.74) is 0.639. The lowest BCUT2D eigenvalue weighted by Crippen LogP contribution is -2.28. The van der Waals surface area contributed by atoms with Gasteiger partial charge in [0, 0.05) is 7.05 Å². The van der Waals surface area contributed by atoms with Crippen molar-refractivity contribution in [1.29, 1.82) is 0 Å². The lowest BCUT2D eigenvalue weighted by atomic mass is 10.2. The molecular weight excluding hydrogens is 142 g/mol. The molecule has 0 bridgehead atoms. The van der Waals surface area contributed by atoms with Gasteiger partial charge in [-0.05, 0) is 6.92 Å². The number of Topliss-reactive ketones (excluding diaryl/α,β-unsaturated/α-hetero) is 1. The monoisotopic (exact) mass is 151 g/mol. The minimum absolute atomic E-state index is 0.0649. The highest BCUT2D eigenvalue weighted by Crippen LogP contribution is 2.26. The summed E-state index contributed by atoms with van der Waals surface area (Å²) >= 11 is 0. The third-order valence-electron chi connectivity index (χ3n) is 2.16. The summed E-state index contributed by atoms with van der Waals surface area (Å²) in [5.74, 6) is 0.891. The standard InChI is InChI=1S/C7H9N3O/c1-4-6(11)5-7(10(4)2)9-3-8-5/h3-4H,1-2H3,(H,8,9). The van der Waals surface area contributed by atoms with E-state index in [0.29, 0.717) is 5.69 Å². The first-order valence-electron chi connectivity index (χ1n) is 3.52. The number of H-pyrrole nitrogens is 1. The molecule has 1 aliphatic rings. The largest absolute Gasteiger partial charge is 0.348 e. The predicted octanol–water partition coefficient (Wildman–Crippen LogP) is 0.431. The van der Waals surface area contributed by atoms with Crippen LogP contribution in [0.5, 0.6) is 0 Å². The van der Waals surface area contributed by atoms with Crippen molar-refractivity contribution in [2.24, 2.45) is 0 Å². The molecule has 0 spiro atoms. The van der Waals surface area contributed by atoms with Crippen LogP contribution in [-0.4, -0.2) is 28.8 Å². The fraction of sp³-hybridized carbons (Fsp3) is 0.429. The van der Waals surface area contributed by atoms with Crippen LogP contribution in [0.3, 0.4) is 0 Å². The molecule has 1 N–H and O–H groups in total. The molecule has 2 heterocycles. The van der Waals surface area contributed by atoms with Crippen molar-refractivity contribution in [2.45, 2.75) is 13.0 Å². The summed E-state index contributed by atoms with van der Waals surface area (Å²) in [4.78, 5) is 20.1. The van der Waals surface area contributed by atoms with Crippen LogP contribution in [0.15, 0.2) is 6.33 Å². The summed E-state index contributed by atoms with van der Waals surface area (Å²) in [6.07, 6.45) is 1.55. The van der Waals surface area contributed by atoms with Gasteiger partial charge in [0.25, 0.3) is 0 Å². The van der Waals surface area contributed by atoms with Gasteiger partial charge in [0.15, 0.2) is 5.82 Å². The fourth-order valence-corrected chi connectivity index (χ4v) is 1.30. The van der Waals surface area contributed by atoms with E-state index in [1.165, 1.54) is 0 Å². The molecule has 1 aromatic rings. The van der Waals surface area contributed by atoms with Crippen LogP contribution in [0.25, 0.3) is 0 Å². The molecule has 0 aliphatic carbocycles. The average molecular weight is 151 g/mol. The third-order valence-corrected chi connectivity index (χ3v) is 2.16. The second kappa shape index (κ2) is 1.84. The van der Waals surface area contributed by atoms with E-state index in [-0.39, 0.29) is 11.8 Å². The molecule has 1 atom stereocenters. The molecule has 0 saturated heterocycles. The zero-order valence-electron chi connectivity index (χ0n) is 6.46. The molecule has 11 heavy (non-hydrogen) atoms. The number of fused-ring (bicyclic) bond motifs is 1. The Balaban J connectivity index is 2.56. The molecule has 0 radical (unpaired) electrons. The first kappa shape index (κ1) is 6.39. The minimum atomic E-state index is -0.0649. The molecule has 0 amide bonds. The van der Waals surface area contributed by atoms with Gasteiger partial charge in [0.05, 0.1) is 12.4 Å². The molecule has 4 heteroatoms. The number of ketones is 1. The number of aromatic nitrogens is 2. The van der Waals surface area contributed by atoms with Gasteiger partial charge in [-0.3, -0.25) is 4.79 Å². The SMILES string of the molecule is CC1C(=O)c2[nH]cnc2N1C. The Labute approximate surface area is 64.2 Å². The average Bonchev–Trinajstić information content (AvgIpc) is 2.53. The highest BCUT2D eigenvalue weighted by molar-refractivity contribution is 6.08. The second-order valence-corrected chi connectivity index (χ2v) is 2.75. The summed E-state index contributed by atoms with van der Waals surface area (Å²) in [7, 11) is 1.87. The summed E-state index contributed by atoms with van der Waals surface area (Å²) in [6, 6.07) is -0.0649. The number of carbonyl (C=O) groups is 1. The molecule has 0 fully saturated rings. The number of carbonyl (C=O) groups excluding carboxylic acids is 1. The lowest BCUT2D eigenvalue weighted by Gasteiger charge is -2.14. The minimum Gasteiger partial charge on any atom is -0.348 e. The molecular formula is C7H9N3O. The van der Waals surface area contributed by atoms with Crippen LogP contribution in [0.2, 0.25) is 0 Å². The maximum absolute atomic E-state index is 11.4. The van der Waals surface area contributed by atoms with Gasteiger partial charge < -0.3 is 9.88 Å². The van der Waals surface area contributed by atoms with E-state index in [9.17, 15) is 4.79 Å². The molecule has 4 nitrogen and oxygen atoms in total. The van der Waals surface area contributed by atoms with Crippen molar-refractivity contribution in [3.8, 4) is 0 Å². The Hall–Kier alpha value is -1.32. The molecule has 1 unspecified atom stereocenters. The predicted molar refractivity (Wildman–Crippen MR) is 40.8 cm³/mol. The van der Waals surface area contributed by atoms with Gasteiger partial charge >= 0.3 is 0 Å². The molecule has 1 aliphatic heterocycles. The van der Waals surface area contributed by atoms with Crippen molar-refractivity contribution in [3.05, 3.63) is 12.0 Å². The summed E-state index contributed by atoms with van der Waals surface area (Å²) < 4.78 is 0. The van der Waals surface area contributed by atoms with Gasteiger partial charge in [-0.25, -0.2) is 4.98 Å². The van der Waals surface area contributed by atoms with E-state index in [1.54, 1.807) is 6.33 Å². The van der Waals surface area contributed by atoms with Gasteiger partial charge in [0.1, 0.15) is 5.69 Å². The van der Waals surface area contributed by atoms with Gasteiger partial charge in [0.2, 0.25) is 5.78 Å². The topological polar surface area (TPSA) is 49.0 Å². The Morgan fingerprint density at radius 3 is 3.09 bits per heavy atom. The summed E-state index contributed by atoms with van der Waals surface area (Å²) in [6.45, 7) is 1.87. The fourth-order valence-electron chi connectivity index (χ4n) is 1.30. The number of nitrogens with zero attached hydrogens (tertiary/aromatic N) is 2. The zero-order chi connectivity index (χ0) is 8.01. The molecule has 0 saturated carbocycles. The highest BCUT2D eigenvalue weighted by Gasteiger charge is 2.33. The van der Waals surface area contributed by atoms with Crippen LogP contribution < -0.4 is 4.90 Å². The van der Waals surface area contributed by atoms with Crippen molar-refractivity contribution < 1.29 is 4.79 Å². The Bertz CT molecular complexity index is 304. The van der Waals surface area contributed by atoms with Crippen LogP contribution in [-0.2, 0) is 0 Å². The van der Waals surface area contributed by atoms with Crippen LogP contribution in [0.4, 0.5) is 5.82 Å². The molecule has 1 aromatic heterocycles. The number of anilines is 1. The molecule has 0 aromatic carbocycles. The number of nitrogens with one attached hydrogen (secondary N) is 1. The quantitative estimate of drug-likeness (QED) is 0.585. The number of hydrogen-bond donors (Lipinski definition) is 1. The van der Waals surface area contributed by atoms with Crippen LogP contribution in [0.1, 0.15) is 17.4 Å². The van der Waals surface area contributed by atoms with Crippen LogP contribution >= 0.6 is 0 Å². The van der Waals surface area contributed by atoms with Crippen molar-refractivity contribution >= 4 is 11.6 Å². The maximum Gasteiger partial charge on any atom is 0.204 e. The van der Waals surface area contributed by atoms with Gasteiger partial charge in [-0.2, -0.15) is 0 Å². The first-order chi connectivity index (χ1) is 5.22. The first-order valence-corrected chi connectivity index (χ1v) is 3.52. The maximum atomic E-state index is 11.4. The number of aromatic amines is 1. The Kier molecular flexibility index (Phi) is 1.07. The summed E-state index contributed by atoms with van der Waals surface area (Å²) in [5, 5.41) is 0. The third kappa shape index (κ3) is 0.636. The molecule has 2 rings (SSSR count). The normalized spacial score (nSPS) is 22.5. The second-order valence-electron chi connectivity index (χ2n) is 2.75. The zero-order valence-corrected chi connectivity index (χ0v) is 6.46. The van der Waals surface area contributed by atoms with E-state index in [1.807, 2.05) is 18.9 Å². The van der Waals surface area contributed by atoms with E-state index in [2.05, 4.69) is 9.97 Å². The van der Waals surface area contributed by atoms with Crippen molar-refractivity contribution in [1.82, 2.24) is 9.97 Å². The highest BCUT2D eigenvalue weighted by atomic mass is 16.1. The van der Waals surface area contributed by atoms with E-state index in [0.717, 1.165) is 5.82 Å². The van der Waals surface area contributed by atoms with Crippen molar-refractivity contribution in [3.63, 3.8) is 0 Å². The lowest BCUT2D eigenvalue weighted by molar-refractivity contribution is 0.0974. The van der Waals surface area contributed by atoms with Crippen molar-refractivity contribution in [2.75, 3.05) is 11.9 Å². The Morgan fingerprint density at radius 2 is 2.45 bits per heavy atom. The van der Waals surface area contributed by atoms with E-state index < -0.39 is 0 Å². The van der Waals surface area contributed by atoms with E-state index in [4.69, 9.17) is 0 Å². The smallest absolute Gasteiger partial charge is 0.204 e. The van der Waals surface area contributed by atoms with Crippen LogP contribution in [0, 0.1) is 0 Å². The Morgan fingerprint density at radius 1 is 1.73 bits per heavy atom. The van der Waals surface area contributed by atoms with E-state index >= 15 is 0 Å². The van der Waals surface area contributed by atoms with Gasteiger partial charge in [-0.1, -0.05) is 0 Å². The number of likely N-dealkylation sites (N-methyl/N-ethyl adjacent to an activating group) is 1.